The molecule has 82 valence electrons. The van der Waals surface area contributed by atoms with E-state index in [1.807, 2.05) is 39.9 Å². The van der Waals surface area contributed by atoms with Crippen molar-refractivity contribution in [1.82, 2.24) is 4.98 Å². The van der Waals surface area contributed by atoms with Gasteiger partial charge in [-0.2, -0.15) is 0 Å². The summed E-state index contributed by atoms with van der Waals surface area (Å²) in [5, 5.41) is 0. The zero-order chi connectivity index (χ0) is 11.1. The van der Waals surface area contributed by atoms with E-state index in [9.17, 15) is 0 Å². The predicted molar refractivity (Wildman–Crippen MR) is 73.3 cm³/mol. The zero-order valence-electron chi connectivity index (χ0n) is 8.87. The molecule has 0 N–H and O–H groups in total. The molecule has 0 saturated heterocycles. The van der Waals surface area contributed by atoms with Crippen LogP contribution in [0.15, 0.2) is 54.7 Å². The minimum absolute atomic E-state index is 0.971. The van der Waals surface area contributed by atoms with Crippen molar-refractivity contribution in [1.29, 1.82) is 0 Å². The van der Waals surface area contributed by atoms with Crippen molar-refractivity contribution in [3.63, 3.8) is 0 Å². The maximum absolute atomic E-state index is 4.29. The lowest BCUT2D eigenvalue weighted by atomic mass is 10.2. The third-order valence-electron chi connectivity index (χ3n) is 2.08. The van der Waals surface area contributed by atoms with E-state index in [4.69, 9.17) is 0 Å². The van der Waals surface area contributed by atoms with Gasteiger partial charge in [-0.25, -0.2) is 0 Å². The van der Waals surface area contributed by atoms with Gasteiger partial charge < -0.3 is 0 Å². The summed E-state index contributed by atoms with van der Waals surface area (Å²) in [5.41, 5.74) is 2.52. The van der Waals surface area contributed by atoms with Gasteiger partial charge in [-0.3, -0.25) is 4.98 Å². The van der Waals surface area contributed by atoms with Crippen LogP contribution in [0.5, 0.6) is 0 Å². The van der Waals surface area contributed by atoms with Crippen LogP contribution in [0.1, 0.15) is 11.3 Å². The van der Waals surface area contributed by atoms with Crippen molar-refractivity contribution in [2.75, 3.05) is 0 Å². The Morgan fingerprint density at radius 2 is 1.56 bits per heavy atom. The summed E-state index contributed by atoms with van der Waals surface area (Å²) >= 11 is 0. The van der Waals surface area contributed by atoms with Crippen LogP contribution in [0.4, 0.5) is 0 Å². The molecule has 1 aromatic carbocycles. The molecule has 1 nitrogen and oxygen atoms in total. The molecule has 0 saturated carbocycles. The molecule has 3 heteroatoms. The van der Waals surface area contributed by atoms with Gasteiger partial charge in [-0.1, -0.05) is 58.0 Å². The second-order valence-corrected chi connectivity index (χ2v) is 5.79. The molecule has 0 fully saturated rings. The Labute approximate surface area is 104 Å². The first-order valence-corrected chi connectivity index (χ1v) is 7.62. The zero-order valence-corrected chi connectivity index (χ0v) is 10.5. The number of aromatic nitrogens is 1. The van der Waals surface area contributed by atoms with E-state index >= 15 is 0 Å². The molecule has 0 spiro atoms. The number of pyridine rings is 1. The molecule has 0 aliphatic rings. The molecule has 0 aliphatic carbocycles. The van der Waals surface area contributed by atoms with Gasteiger partial charge in [-0.15, -0.1) is 0 Å². The van der Waals surface area contributed by atoms with Crippen molar-refractivity contribution < 1.29 is 0 Å². The Morgan fingerprint density at radius 3 is 2.31 bits per heavy atom. The third-order valence-corrected chi connectivity index (χ3v) is 4.32. The average molecular weight is 247 g/mol. The van der Waals surface area contributed by atoms with E-state index in [1.165, 1.54) is 5.56 Å². The normalized spacial score (nSPS) is 10.2. The standard InChI is InChI=1S/C13H13NS2/c1-2-6-12(7-3-1)10-15-16-11-13-8-4-5-9-14-13/h1-9H,10-11H2. The van der Waals surface area contributed by atoms with Gasteiger partial charge in [0.15, 0.2) is 0 Å². The van der Waals surface area contributed by atoms with Gasteiger partial charge in [0.2, 0.25) is 0 Å². The van der Waals surface area contributed by atoms with Crippen LogP contribution in [-0.4, -0.2) is 4.98 Å². The van der Waals surface area contributed by atoms with Crippen LogP contribution < -0.4 is 0 Å². The van der Waals surface area contributed by atoms with Crippen molar-refractivity contribution in [2.24, 2.45) is 0 Å². The molecule has 0 radical (unpaired) electrons. The molecule has 2 aromatic rings. The second kappa shape index (κ2) is 6.61. The maximum atomic E-state index is 4.29. The first kappa shape index (κ1) is 11.6. The van der Waals surface area contributed by atoms with E-state index < -0.39 is 0 Å². The molecule has 0 bridgehead atoms. The summed E-state index contributed by atoms with van der Waals surface area (Å²) in [6, 6.07) is 16.6. The van der Waals surface area contributed by atoms with Gasteiger partial charge >= 0.3 is 0 Å². The van der Waals surface area contributed by atoms with E-state index in [0.29, 0.717) is 0 Å². The van der Waals surface area contributed by atoms with Crippen LogP contribution in [0.3, 0.4) is 0 Å². The van der Waals surface area contributed by atoms with Gasteiger partial charge in [0.1, 0.15) is 0 Å². The lowest BCUT2D eigenvalue weighted by molar-refractivity contribution is 1.18. The van der Waals surface area contributed by atoms with Crippen LogP contribution >= 0.6 is 21.6 Å². The Balaban J connectivity index is 1.70. The van der Waals surface area contributed by atoms with Gasteiger partial charge in [0.05, 0.1) is 5.69 Å². The molecule has 2 rings (SSSR count). The molecule has 1 aromatic heterocycles. The second-order valence-electron chi connectivity index (χ2n) is 3.33. The van der Waals surface area contributed by atoms with E-state index in [2.05, 4.69) is 41.4 Å². The van der Waals surface area contributed by atoms with Crippen LogP contribution in [0, 0.1) is 0 Å². The highest BCUT2D eigenvalue weighted by Crippen LogP contribution is 2.28. The van der Waals surface area contributed by atoms with Gasteiger partial charge in [0, 0.05) is 17.7 Å². The smallest absolute Gasteiger partial charge is 0.0511 e. The van der Waals surface area contributed by atoms with Crippen molar-refractivity contribution in [3.05, 3.63) is 66.0 Å². The van der Waals surface area contributed by atoms with Crippen LogP contribution in [0.2, 0.25) is 0 Å². The predicted octanol–water partition coefficient (Wildman–Crippen LogP) is 4.16. The summed E-state index contributed by atoms with van der Waals surface area (Å²) in [4.78, 5) is 4.29. The van der Waals surface area contributed by atoms with Crippen LogP contribution in [0.25, 0.3) is 0 Å². The first-order chi connectivity index (χ1) is 7.95. The van der Waals surface area contributed by atoms with Crippen LogP contribution in [-0.2, 0) is 11.5 Å². The maximum Gasteiger partial charge on any atom is 0.0511 e. The highest BCUT2D eigenvalue weighted by Gasteiger charge is 1.95. The van der Waals surface area contributed by atoms with Gasteiger partial charge in [0.25, 0.3) is 0 Å². The summed E-state index contributed by atoms with van der Waals surface area (Å²) in [6.07, 6.45) is 1.84. The van der Waals surface area contributed by atoms with Crippen molar-refractivity contribution in [2.45, 2.75) is 11.5 Å². The fourth-order valence-electron chi connectivity index (χ4n) is 1.27. The minimum atomic E-state index is 0.971. The lowest BCUT2D eigenvalue weighted by Crippen LogP contribution is -1.83. The van der Waals surface area contributed by atoms with Crippen molar-refractivity contribution >= 4 is 21.6 Å². The largest absolute Gasteiger partial charge is 0.260 e. The Morgan fingerprint density at radius 1 is 0.812 bits per heavy atom. The highest BCUT2D eigenvalue weighted by atomic mass is 33.1. The number of nitrogens with zero attached hydrogens (tertiary/aromatic N) is 1. The Hall–Kier alpha value is -0.930. The first-order valence-electron chi connectivity index (χ1n) is 5.13. The molecule has 0 unspecified atom stereocenters. The van der Waals surface area contributed by atoms with E-state index in [1.54, 1.807) is 0 Å². The SMILES string of the molecule is c1ccc(CSSCc2ccccn2)cc1. The number of hydrogen-bond acceptors (Lipinski definition) is 3. The average Bonchev–Trinajstić information content (AvgIpc) is 2.37. The monoisotopic (exact) mass is 247 g/mol. The van der Waals surface area contributed by atoms with Gasteiger partial charge in [-0.05, 0) is 17.7 Å². The molecule has 0 amide bonds. The highest BCUT2D eigenvalue weighted by molar-refractivity contribution is 8.76. The number of hydrogen-bond donors (Lipinski definition) is 0. The molecule has 1 heterocycles. The summed E-state index contributed by atoms with van der Waals surface area (Å²) in [5.74, 6) is 2.02. The Bertz CT molecular complexity index is 361. The molecule has 16 heavy (non-hydrogen) atoms. The molecule has 0 aliphatic heterocycles. The molecule has 0 atom stereocenters. The minimum Gasteiger partial charge on any atom is -0.260 e. The summed E-state index contributed by atoms with van der Waals surface area (Å²) in [6.45, 7) is 0. The number of benzene rings is 1. The lowest BCUT2D eigenvalue weighted by Gasteiger charge is -2.01. The fourth-order valence-corrected chi connectivity index (χ4v) is 3.33. The molecular weight excluding hydrogens is 234 g/mol. The third kappa shape index (κ3) is 3.91. The Kier molecular flexibility index (Phi) is 4.77. The van der Waals surface area contributed by atoms with E-state index in [-0.39, 0.29) is 0 Å². The topological polar surface area (TPSA) is 12.9 Å². The fraction of sp³-hybridized carbons (Fsp3) is 0.154. The molecular formula is C13H13NS2. The summed E-state index contributed by atoms with van der Waals surface area (Å²) < 4.78 is 0. The van der Waals surface area contributed by atoms with Crippen molar-refractivity contribution in [3.8, 4) is 0 Å². The van der Waals surface area contributed by atoms with E-state index in [0.717, 1.165) is 17.2 Å². The number of rotatable bonds is 5. The summed E-state index contributed by atoms with van der Waals surface area (Å²) in [7, 11) is 3.73. The quantitative estimate of drug-likeness (QED) is 0.581.